The maximum Gasteiger partial charge on any atom is 0.251 e. The average molecular weight is 416 g/mol. The summed E-state index contributed by atoms with van der Waals surface area (Å²) in [7, 11) is 0. The highest BCUT2D eigenvalue weighted by molar-refractivity contribution is 5.94. The van der Waals surface area contributed by atoms with Gasteiger partial charge in [-0.15, -0.1) is 0 Å². The van der Waals surface area contributed by atoms with Crippen LogP contribution in [-0.4, -0.2) is 16.9 Å². The summed E-state index contributed by atoms with van der Waals surface area (Å²) < 4.78 is 13.8. The van der Waals surface area contributed by atoms with Crippen molar-refractivity contribution >= 4 is 16.8 Å². The Hall–Kier alpha value is -3.26. The fourth-order valence-electron chi connectivity index (χ4n) is 4.83. The summed E-state index contributed by atoms with van der Waals surface area (Å²) in [5.74, 6) is 0.491. The molecule has 4 rings (SSSR count). The lowest BCUT2D eigenvalue weighted by Crippen LogP contribution is -2.41. The first-order valence-corrected chi connectivity index (χ1v) is 10.9. The summed E-state index contributed by atoms with van der Waals surface area (Å²) in [6.45, 7) is 2.11. The Kier molecular flexibility index (Phi) is 6.27. The first-order valence-electron chi connectivity index (χ1n) is 10.9. The minimum absolute atomic E-state index is 0.0888. The third-order valence-corrected chi connectivity index (χ3v) is 6.55. The Balaban J connectivity index is 1.42. The van der Waals surface area contributed by atoms with E-state index in [9.17, 15) is 9.18 Å². The third-order valence-electron chi connectivity index (χ3n) is 6.55. The lowest BCUT2D eigenvalue weighted by molar-refractivity contribution is 0.0909. The molecular formula is C26H26FN3O. The highest BCUT2D eigenvalue weighted by Gasteiger charge is 2.29. The van der Waals surface area contributed by atoms with Gasteiger partial charge in [0.1, 0.15) is 5.82 Å². The predicted molar refractivity (Wildman–Crippen MR) is 119 cm³/mol. The standard InChI is InChI=1S/C26H26FN3O/c1-2-24(30-26(31)20-5-3-17(16-28)4-6-20)19-9-7-18(8-10-19)22-13-14-29-25-12-11-21(27)15-23(22)25/h3-6,11-15,18-19,24H,2,7-10H2,1H3,(H,30,31)/t18?,19?,24-/m0/s1. The van der Waals surface area contributed by atoms with Gasteiger partial charge in [0.25, 0.3) is 5.91 Å². The molecule has 1 N–H and O–H groups in total. The lowest BCUT2D eigenvalue weighted by atomic mass is 9.75. The Bertz CT molecular complexity index is 1110. The van der Waals surface area contributed by atoms with Crippen LogP contribution in [0.2, 0.25) is 0 Å². The lowest BCUT2D eigenvalue weighted by Gasteiger charge is -2.34. The second-order valence-electron chi connectivity index (χ2n) is 8.35. The van der Waals surface area contributed by atoms with Gasteiger partial charge >= 0.3 is 0 Å². The van der Waals surface area contributed by atoms with Crippen LogP contribution >= 0.6 is 0 Å². The van der Waals surface area contributed by atoms with Crippen LogP contribution in [0.25, 0.3) is 10.9 Å². The van der Waals surface area contributed by atoms with E-state index >= 15 is 0 Å². The maximum absolute atomic E-state index is 13.8. The molecular weight excluding hydrogens is 389 g/mol. The molecule has 0 spiro atoms. The van der Waals surface area contributed by atoms with Crippen molar-refractivity contribution in [1.29, 1.82) is 5.26 Å². The van der Waals surface area contributed by atoms with E-state index in [4.69, 9.17) is 5.26 Å². The zero-order valence-electron chi connectivity index (χ0n) is 17.6. The molecule has 2 aromatic carbocycles. The quantitative estimate of drug-likeness (QED) is 0.579. The molecule has 1 fully saturated rings. The Morgan fingerprint density at radius 1 is 1.16 bits per heavy atom. The van der Waals surface area contributed by atoms with Crippen LogP contribution in [-0.2, 0) is 0 Å². The van der Waals surface area contributed by atoms with Crippen LogP contribution in [0.15, 0.2) is 54.7 Å². The Morgan fingerprint density at radius 2 is 1.90 bits per heavy atom. The van der Waals surface area contributed by atoms with Crippen LogP contribution in [0, 0.1) is 23.1 Å². The van der Waals surface area contributed by atoms with Crippen molar-refractivity contribution in [3.8, 4) is 6.07 Å². The van der Waals surface area contributed by atoms with E-state index in [1.54, 1.807) is 36.4 Å². The van der Waals surface area contributed by atoms with E-state index in [1.165, 1.54) is 11.6 Å². The zero-order valence-corrected chi connectivity index (χ0v) is 17.6. The summed E-state index contributed by atoms with van der Waals surface area (Å²) in [6.07, 6.45) is 6.77. The summed E-state index contributed by atoms with van der Waals surface area (Å²) in [6, 6.07) is 15.7. The van der Waals surface area contributed by atoms with Gasteiger partial charge < -0.3 is 5.32 Å². The van der Waals surface area contributed by atoms with Gasteiger partial charge in [0.05, 0.1) is 17.1 Å². The van der Waals surface area contributed by atoms with E-state index < -0.39 is 0 Å². The number of rotatable bonds is 5. The number of carbonyl (C=O) groups excluding carboxylic acids is 1. The number of fused-ring (bicyclic) bond motifs is 1. The summed E-state index contributed by atoms with van der Waals surface area (Å²) in [4.78, 5) is 17.1. The van der Waals surface area contributed by atoms with Crippen LogP contribution in [0.4, 0.5) is 4.39 Å². The molecule has 1 amide bonds. The first-order chi connectivity index (χ1) is 15.1. The molecule has 1 saturated carbocycles. The second-order valence-corrected chi connectivity index (χ2v) is 8.35. The maximum atomic E-state index is 13.8. The number of aromatic nitrogens is 1. The van der Waals surface area contributed by atoms with E-state index in [0.717, 1.165) is 43.0 Å². The minimum atomic E-state index is -0.230. The topological polar surface area (TPSA) is 65.8 Å². The number of pyridine rings is 1. The largest absolute Gasteiger partial charge is 0.349 e. The van der Waals surface area contributed by atoms with Crippen molar-refractivity contribution in [2.24, 2.45) is 5.92 Å². The molecule has 1 heterocycles. The summed E-state index contributed by atoms with van der Waals surface area (Å²) in [5.41, 5.74) is 3.14. The summed E-state index contributed by atoms with van der Waals surface area (Å²) >= 11 is 0. The highest BCUT2D eigenvalue weighted by Crippen LogP contribution is 2.39. The average Bonchev–Trinajstić information content (AvgIpc) is 2.82. The van der Waals surface area contributed by atoms with E-state index in [0.29, 0.717) is 23.0 Å². The van der Waals surface area contributed by atoms with Crippen molar-refractivity contribution in [2.45, 2.75) is 51.0 Å². The van der Waals surface area contributed by atoms with E-state index in [2.05, 4.69) is 23.3 Å². The number of halogens is 1. The molecule has 158 valence electrons. The van der Waals surface area contributed by atoms with E-state index in [-0.39, 0.29) is 17.8 Å². The number of nitriles is 1. The molecule has 0 unspecified atom stereocenters. The van der Waals surface area contributed by atoms with Crippen molar-refractivity contribution in [2.75, 3.05) is 0 Å². The number of hydrogen-bond donors (Lipinski definition) is 1. The second kappa shape index (κ2) is 9.26. The fourth-order valence-corrected chi connectivity index (χ4v) is 4.83. The highest BCUT2D eigenvalue weighted by atomic mass is 19.1. The first kappa shape index (κ1) is 21.0. The van der Waals surface area contributed by atoms with Crippen LogP contribution in [0.1, 0.15) is 66.4 Å². The van der Waals surface area contributed by atoms with Crippen molar-refractivity contribution < 1.29 is 9.18 Å². The number of benzene rings is 2. The number of nitrogens with zero attached hydrogens (tertiary/aromatic N) is 2. The number of amides is 1. The van der Waals surface area contributed by atoms with Crippen molar-refractivity contribution in [3.05, 3.63) is 77.2 Å². The molecule has 1 aliphatic carbocycles. The minimum Gasteiger partial charge on any atom is -0.349 e. The molecule has 31 heavy (non-hydrogen) atoms. The van der Waals surface area contributed by atoms with Crippen LogP contribution in [0.3, 0.4) is 0 Å². The van der Waals surface area contributed by atoms with Gasteiger partial charge in [-0.25, -0.2) is 4.39 Å². The van der Waals surface area contributed by atoms with Crippen molar-refractivity contribution in [1.82, 2.24) is 10.3 Å². The molecule has 0 aliphatic heterocycles. The Labute approximate surface area is 182 Å². The third kappa shape index (κ3) is 4.59. The van der Waals surface area contributed by atoms with Gasteiger partial charge in [-0.05, 0) is 98.0 Å². The van der Waals surface area contributed by atoms with Gasteiger partial charge in [0, 0.05) is 23.2 Å². The van der Waals surface area contributed by atoms with E-state index in [1.807, 2.05) is 12.3 Å². The molecule has 5 heteroatoms. The van der Waals surface area contributed by atoms with Crippen LogP contribution < -0.4 is 5.32 Å². The fraction of sp³-hybridized carbons (Fsp3) is 0.346. The van der Waals surface area contributed by atoms with Gasteiger partial charge in [0.15, 0.2) is 0 Å². The molecule has 1 aliphatic rings. The van der Waals surface area contributed by atoms with Gasteiger partial charge in [-0.3, -0.25) is 9.78 Å². The van der Waals surface area contributed by atoms with Crippen molar-refractivity contribution in [3.63, 3.8) is 0 Å². The van der Waals surface area contributed by atoms with Gasteiger partial charge in [-0.1, -0.05) is 6.92 Å². The van der Waals surface area contributed by atoms with Gasteiger partial charge in [-0.2, -0.15) is 5.26 Å². The molecule has 1 atom stereocenters. The number of hydrogen-bond acceptors (Lipinski definition) is 3. The SMILES string of the molecule is CC[C@H](NC(=O)c1ccc(C#N)cc1)C1CCC(c2ccnc3ccc(F)cc23)CC1. The molecule has 4 nitrogen and oxygen atoms in total. The summed E-state index contributed by atoms with van der Waals surface area (Å²) in [5, 5.41) is 13.0. The molecule has 0 radical (unpaired) electrons. The zero-order chi connectivity index (χ0) is 21.8. The van der Waals surface area contributed by atoms with Crippen LogP contribution in [0.5, 0.6) is 0 Å². The van der Waals surface area contributed by atoms with Gasteiger partial charge in [0.2, 0.25) is 0 Å². The monoisotopic (exact) mass is 415 g/mol. The molecule has 1 aromatic heterocycles. The molecule has 0 saturated heterocycles. The number of carbonyl (C=O) groups is 1. The normalized spacial score (nSPS) is 19.5. The predicted octanol–water partition coefficient (Wildman–Crippen LogP) is 5.73. The molecule has 3 aromatic rings. The smallest absolute Gasteiger partial charge is 0.251 e. The Morgan fingerprint density at radius 3 is 2.58 bits per heavy atom. The molecule has 0 bridgehead atoms. The number of nitrogens with one attached hydrogen (secondary N) is 1.